The van der Waals surface area contributed by atoms with E-state index in [1.807, 2.05) is 13.0 Å². The van der Waals surface area contributed by atoms with E-state index in [0.29, 0.717) is 17.9 Å². The molecule has 0 amide bonds. The van der Waals surface area contributed by atoms with Gasteiger partial charge in [-0.05, 0) is 43.2 Å². The van der Waals surface area contributed by atoms with Crippen LogP contribution >= 0.6 is 0 Å². The summed E-state index contributed by atoms with van der Waals surface area (Å²) in [6.07, 6.45) is 2.15. The molecule has 0 unspecified atom stereocenters. The van der Waals surface area contributed by atoms with Gasteiger partial charge in [-0.1, -0.05) is 29.8 Å². The summed E-state index contributed by atoms with van der Waals surface area (Å²) < 4.78 is 38.7. The molecular weight excluding hydrogens is 326 g/mol. The second-order valence-electron chi connectivity index (χ2n) is 5.62. The standard InChI is InChI=1S/C18H19NO4S/c1-3-4-16(14-7-10-17-18(11-14)23-12-22-17)19-24(20,21)15-8-5-13(2)6-9-15/h3,5-11,16,19H,1,4,12H2,2H3/t16-/m1/s1. The SMILES string of the molecule is C=CC[C@@H](NS(=O)(=O)c1ccc(C)cc1)c1ccc2c(c1)OCO2. The fourth-order valence-electron chi connectivity index (χ4n) is 2.52. The maximum Gasteiger partial charge on any atom is 0.241 e. The minimum Gasteiger partial charge on any atom is -0.454 e. The summed E-state index contributed by atoms with van der Waals surface area (Å²) >= 11 is 0. The van der Waals surface area contributed by atoms with Crippen LogP contribution in [0.25, 0.3) is 0 Å². The third kappa shape index (κ3) is 3.44. The van der Waals surface area contributed by atoms with Gasteiger partial charge in [0.25, 0.3) is 0 Å². The molecule has 24 heavy (non-hydrogen) atoms. The number of hydrogen-bond acceptors (Lipinski definition) is 4. The zero-order valence-corrected chi connectivity index (χ0v) is 14.2. The highest BCUT2D eigenvalue weighted by Gasteiger charge is 2.23. The van der Waals surface area contributed by atoms with Gasteiger partial charge in [0.2, 0.25) is 16.8 Å². The van der Waals surface area contributed by atoms with Crippen LogP contribution in [0.15, 0.2) is 60.0 Å². The monoisotopic (exact) mass is 345 g/mol. The molecule has 6 heteroatoms. The van der Waals surface area contributed by atoms with Crippen LogP contribution in [-0.4, -0.2) is 15.2 Å². The van der Waals surface area contributed by atoms with Gasteiger partial charge >= 0.3 is 0 Å². The molecule has 1 N–H and O–H groups in total. The van der Waals surface area contributed by atoms with Crippen LogP contribution in [0.5, 0.6) is 11.5 Å². The van der Waals surface area contributed by atoms with Crippen molar-refractivity contribution in [1.29, 1.82) is 0 Å². The largest absolute Gasteiger partial charge is 0.454 e. The first-order valence-electron chi connectivity index (χ1n) is 7.59. The number of benzene rings is 2. The highest BCUT2D eigenvalue weighted by Crippen LogP contribution is 2.35. The van der Waals surface area contributed by atoms with Crippen LogP contribution in [0.4, 0.5) is 0 Å². The van der Waals surface area contributed by atoms with Crippen LogP contribution in [0.3, 0.4) is 0 Å². The van der Waals surface area contributed by atoms with Gasteiger partial charge in [0.1, 0.15) is 0 Å². The Hall–Kier alpha value is -2.31. The van der Waals surface area contributed by atoms with Crippen molar-refractivity contribution in [3.05, 3.63) is 66.2 Å². The van der Waals surface area contributed by atoms with Gasteiger partial charge in [0.05, 0.1) is 10.9 Å². The molecule has 0 spiro atoms. The molecule has 1 aliphatic heterocycles. The van der Waals surface area contributed by atoms with E-state index in [9.17, 15) is 8.42 Å². The normalized spacial score (nSPS) is 14.4. The Morgan fingerprint density at radius 2 is 1.88 bits per heavy atom. The van der Waals surface area contributed by atoms with E-state index >= 15 is 0 Å². The Morgan fingerprint density at radius 1 is 1.17 bits per heavy atom. The van der Waals surface area contributed by atoms with Gasteiger partial charge < -0.3 is 9.47 Å². The molecule has 0 bridgehead atoms. The van der Waals surface area contributed by atoms with Gasteiger partial charge in [0, 0.05) is 0 Å². The molecule has 5 nitrogen and oxygen atoms in total. The molecule has 0 fully saturated rings. The van der Waals surface area contributed by atoms with Crippen LogP contribution < -0.4 is 14.2 Å². The second-order valence-corrected chi connectivity index (χ2v) is 7.34. The lowest BCUT2D eigenvalue weighted by molar-refractivity contribution is 0.174. The highest BCUT2D eigenvalue weighted by molar-refractivity contribution is 7.89. The first kappa shape index (κ1) is 16.5. The Balaban J connectivity index is 1.88. The lowest BCUT2D eigenvalue weighted by Crippen LogP contribution is -2.28. The van der Waals surface area contributed by atoms with Gasteiger partial charge in [-0.25, -0.2) is 13.1 Å². The number of rotatable bonds is 6. The van der Waals surface area contributed by atoms with Crippen molar-refractivity contribution in [3.63, 3.8) is 0 Å². The quantitative estimate of drug-likeness (QED) is 0.816. The van der Waals surface area contributed by atoms with Crippen LogP contribution in [-0.2, 0) is 10.0 Å². The van der Waals surface area contributed by atoms with E-state index in [-0.39, 0.29) is 11.7 Å². The Kier molecular flexibility index (Phi) is 4.59. The van der Waals surface area contributed by atoms with Crippen molar-refractivity contribution in [2.45, 2.75) is 24.3 Å². The molecule has 1 atom stereocenters. The number of aryl methyl sites for hydroxylation is 1. The van der Waals surface area contributed by atoms with E-state index in [4.69, 9.17) is 9.47 Å². The third-order valence-corrected chi connectivity index (χ3v) is 5.32. The summed E-state index contributed by atoms with van der Waals surface area (Å²) in [4.78, 5) is 0.239. The summed E-state index contributed by atoms with van der Waals surface area (Å²) in [5.74, 6) is 1.29. The van der Waals surface area contributed by atoms with E-state index in [1.165, 1.54) is 0 Å². The molecule has 0 aromatic heterocycles. The predicted octanol–water partition coefficient (Wildman–Crippen LogP) is 3.32. The Labute approximate surface area is 142 Å². The van der Waals surface area contributed by atoms with Crippen molar-refractivity contribution in [3.8, 4) is 11.5 Å². The Bertz CT molecular complexity index is 844. The van der Waals surface area contributed by atoms with E-state index < -0.39 is 16.1 Å². The minimum atomic E-state index is -3.63. The zero-order chi connectivity index (χ0) is 17.2. The lowest BCUT2D eigenvalue weighted by Gasteiger charge is -2.18. The maximum absolute atomic E-state index is 12.6. The average Bonchev–Trinajstić information content (AvgIpc) is 3.02. The fourth-order valence-corrected chi connectivity index (χ4v) is 3.76. The topological polar surface area (TPSA) is 64.6 Å². The first-order valence-corrected chi connectivity index (χ1v) is 9.07. The average molecular weight is 345 g/mol. The number of nitrogens with one attached hydrogen (secondary N) is 1. The Morgan fingerprint density at radius 3 is 2.58 bits per heavy atom. The third-order valence-electron chi connectivity index (χ3n) is 3.83. The molecule has 2 aromatic carbocycles. The van der Waals surface area contributed by atoms with Gasteiger partial charge in [0.15, 0.2) is 11.5 Å². The molecule has 2 aromatic rings. The smallest absolute Gasteiger partial charge is 0.241 e. The van der Waals surface area contributed by atoms with Crippen molar-refractivity contribution >= 4 is 10.0 Å². The van der Waals surface area contributed by atoms with Crippen molar-refractivity contribution < 1.29 is 17.9 Å². The van der Waals surface area contributed by atoms with Crippen molar-refractivity contribution in [2.24, 2.45) is 0 Å². The number of fused-ring (bicyclic) bond motifs is 1. The summed E-state index contributed by atoms with van der Waals surface area (Å²) in [7, 11) is -3.63. The molecule has 3 rings (SSSR count). The zero-order valence-electron chi connectivity index (χ0n) is 13.4. The molecule has 0 aliphatic carbocycles. The summed E-state index contributed by atoms with van der Waals surface area (Å²) in [5.41, 5.74) is 1.81. The second kappa shape index (κ2) is 6.67. The summed E-state index contributed by atoms with van der Waals surface area (Å²) in [5, 5.41) is 0. The van der Waals surface area contributed by atoms with Crippen LogP contribution in [0, 0.1) is 6.92 Å². The lowest BCUT2D eigenvalue weighted by atomic mass is 10.0. The van der Waals surface area contributed by atoms with Gasteiger partial charge in [-0.3, -0.25) is 0 Å². The molecule has 126 valence electrons. The van der Waals surface area contributed by atoms with E-state index in [2.05, 4.69) is 11.3 Å². The predicted molar refractivity (Wildman–Crippen MR) is 91.6 cm³/mol. The fraction of sp³-hybridized carbons (Fsp3) is 0.222. The molecule has 1 aliphatic rings. The van der Waals surface area contributed by atoms with Crippen molar-refractivity contribution in [2.75, 3.05) is 6.79 Å². The number of hydrogen-bond donors (Lipinski definition) is 1. The number of ether oxygens (including phenoxy) is 2. The summed E-state index contributed by atoms with van der Waals surface area (Å²) in [6, 6.07) is 11.7. The van der Waals surface area contributed by atoms with Crippen LogP contribution in [0.2, 0.25) is 0 Å². The molecule has 0 radical (unpaired) electrons. The summed E-state index contributed by atoms with van der Waals surface area (Å²) in [6.45, 7) is 5.82. The molecular formula is C18H19NO4S. The molecule has 1 heterocycles. The molecule has 0 saturated carbocycles. The van der Waals surface area contributed by atoms with Gasteiger partial charge in [-0.15, -0.1) is 6.58 Å². The number of sulfonamides is 1. The first-order chi connectivity index (χ1) is 11.5. The van der Waals surface area contributed by atoms with Crippen molar-refractivity contribution in [1.82, 2.24) is 4.72 Å². The van der Waals surface area contributed by atoms with E-state index in [1.54, 1.807) is 42.5 Å². The van der Waals surface area contributed by atoms with Gasteiger partial charge in [-0.2, -0.15) is 0 Å². The molecule has 0 saturated heterocycles. The van der Waals surface area contributed by atoms with E-state index in [0.717, 1.165) is 11.1 Å². The minimum absolute atomic E-state index is 0.181. The van der Waals surface area contributed by atoms with Crippen LogP contribution in [0.1, 0.15) is 23.6 Å². The maximum atomic E-state index is 12.6. The highest BCUT2D eigenvalue weighted by atomic mass is 32.2.